The predicted octanol–water partition coefficient (Wildman–Crippen LogP) is 13.1. The number of H-pyrrole nitrogens is 2. The Morgan fingerprint density at radius 2 is 1.59 bits per heavy atom. The molecule has 438 valence electrons. The molecule has 3 unspecified atom stereocenters. The minimum atomic E-state index is -0.223. The third-order valence-electron chi connectivity index (χ3n) is 17.1. The fraction of sp³-hybridized carbons (Fsp3) is 0.362. The fourth-order valence-electron chi connectivity index (χ4n) is 12.6. The number of allylic oxidation sites excluding steroid dienone is 2. The lowest BCUT2D eigenvalue weighted by Gasteiger charge is -2.22. The second kappa shape index (κ2) is 26.3. The minimum Gasteiger partial charge on any atom is -0.487 e. The molecule has 3 aliphatic heterocycles. The highest BCUT2D eigenvalue weighted by Gasteiger charge is 2.44. The number of fused-ring (bicyclic) bond motifs is 7. The van der Waals surface area contributed by atoms with Crippen molar-refractivity contribution in [3.05, 3.63) is 179 Å². The molecule has 6 heterocycles. The number of ether oxygens (including phenoxy) is 5. The standard InChI is InChI=1S/C69H73IN8O7/c1-9-50-39(2)54-34-60-65(43(6)85-37-47-16-11-17-48(70)28-47)41(4)56(76-60)32-55-40(3)51(67(77-55)53-30-61(79)66-42(5)57(78-68(53)66)33-59(50)75-54)21-22-64(80)71-36-46-15-10-13-44(27-46)19-20-45-14-12-18-49(29-45)74-69-52-31-62(83-25-23-81-7)63(84-26-24-82-8)35-58(52)72-38-73-69/h10-18,27-29,31-32,35,38,40,43,51,53-54,76,78H,9,21-26,30,33-34,36-37H2,1-8H3,(H,71,80)(H,72,73,74)/t40-,43?,51-,53?,54?/m0/s1. The number of rotatable bonds is 20. The van der Waals surface area contributed by atoms with Crippen LogP contribution in [0.25, 0.3) is 17.0 Å². The van der Waals surface area contributed by atoms with Gasteiger partial charge in [0.1, 0.15) is 25.4 Å². The van der Waals surface area contributed by atoms with Crippen LogP contribution in [0.4, 0.5) is 11.5 Å². The van der Waals surface area contributed by atoms with E-state index in [0.29, 0.717) is 94.5 Å². The van der Waals surface area contributed by atoms with Crippen LogP contribution in [-0.2, 0) is 45.0 Å². The quantitative estimate of drug-likeness (QED) is 0.0325. The van der Waals surface area contributed by atoms with Crippen LogP contribution >= 0.6 is 22.6 Å². The maximum absolute atomic E-state index is 14.1. The van der Waals surface area contributed by atoms with Gasteiger partial charge in [0.05, 0.1) is 37.5 Å². The summed E-state index contributed by atoms with van der Waals surface area (Å²) in [7, 11) is 3.26. The van der Waals surface area contributed by atoms with Crippen molar-refractivity contribution in [2.24, 2.45) is 21.8 Å². The third-order valence-corrected chi connectivity index (χ3v) is 17.7. The number of aliphatic imine (C=N–C) groups is 2. The van der Waals surface area contributed by atoms with Gasteiger partial charge in [-0.2, -0.15) is 0 Å². The maximum Gasteiger partial charge on any atom is 0.220 e. The molecule has 7 aromatic rings. The van der Waals surface area contributed by atoms with Gasteiger partial charge in [0.2, 0.25) is 5.91 Å². The smallest absolute Gasteiger partial charge is 0.220 e. The number of benzene rings is 4. The van der Waals surface area contributed by atoms with Gasteiger partial charge in [-0.25, -0.2) is 9.97 Å². The molecule has 4 aromatic carbocycles. The number of halogens is 1. The van der Waals surface area contributed by atoms with Crippen molar-refractivity contribution in [3.63, 3.8) is 0 Å². The Kier molecular flexibility index (Phi) is 18.3. The van der Waals surface area contributed by atoms with E-state index >= 15 is 0 Å². The highest BCUT2D eigenvalue weighted by Crippen LogP contribution is 2.47. The lowest BCUT2D eigenvalue weighted by atomic mass is 9.81. The summed E-state index contributed by atoms with van der Waals surface area (Å²) in [6, 6.07) is 27.9. The van der Waals surface area contributed by atoms with Crippen LogP contribution in [0, 0.1) is 41.1 Å². The first-order chi connectivity index (χ1) is 41.3. The van der Waals surface area contributed by atoms with Gasteiger partial charge < -0.3 is 44.3 Å². The number of ketones is 1. The summed E-state index contributed by atoms with van der Waals surface area (Å²) < 4.78 is 30.3. The van der Waals surface area contributed by atoms with E-state index in [1.165, 1.54) is 21.0 Å². The molecule has 85 heavy (non-hydrogen) atoms. The molecule has 0 saturated carbocycles. The number of amides is 1. The lowest BCUT2D eigenvalue weighted by Crippen LogP contribution is -2.27. The molecule has 4 aliphatic rings. The van der Waals surface area contributed by atoms with Crippen LogP contribution in [0.1, 0.15) is 137 Å². The molecule has 8 bridgehead atoms. The van der Waals surface area contributed by atoms with Crippen LogP contribution < -0.4 is 20.1 Å². The first-order valence-electron chi connectivity index (χ1n) is 29.4. The summed E-state index contributed by atoms with van der Waals surface area (Å²) >= 11 is 2.35. The summed E-state index contributed by atoms with van der Waals surface area (Å²) in [5, 5.41) is 7.42. The van der Waals surface area contributed by atoms with Crippen molar-refractivity contribution in [1.29, 1.82) is 0 Å². The summed E-state index contributed by atoms with van der Waals surface area (Å²) in [6.07, 6.45) is 6.95. The molecule has 1 aliphatic carbocycles. The van der Waals surface area contributed by atoms with Gasteiger partial charge in [-0.3, -0.25) is 19.6 Å². The van der Waals surface area contributed by atoms with Gasteiger partial charge in [-0.05, 0) is 151 Å². The number of carbonyl (C=O) groups excluding carboxylic acids is 2. The van der Waals surface area contributed by atoms with Crippen molar-refractivity contribution in [2.75, 3.05) is 46.0 Å². The van der Waals surface area contributed by atoms with E-state index in [2.05, 4.69) is 137 Å². The molecular formula is C69H73IN8O7. The Labute approximate surface area is 511 Å². The summed E-state index contributed by atoms with van der Waals surface area (Å²) in [5.74, 6) is 8.14. The van der Waals surface area contributed by atoms with Gasteiger partial charge in [0, 0.05) is 147 Å². The monoisotopic (exact) mass is 1250 g/mol. The van der Waals surface area contributed by atoms with Crippen molar-refractivity contribution in [2.45, 2.75) is 111 Å². The summed E-state index contributed by atoms with van der Waals surface area (Å²) in [6.45, 7) is 15.5. The first-order valence-corrected chi connectivity index (χ1v) is 30.5. The van der Waals surface area contributed by atoms with Gasteiger partial charge in [0.15, 0.2) is 17.3 Å². The lowest BCUT2D eigenvalue weighted by molar-refractivity contribution is -0.121. The third kappa shape index (κ3) is 13.0. The molecule has 0 fully saturated rings. The number of anilines is 2. The molecule has 15 nitrogen and oxygen atoms in total. The molecule has 16 heteroatoms. The normalized spacial score (nSPS) is 18.2. The van der Waals surface area contributed by atoms with Gasteiger partial charge >= 0.3 is 0 Å². The van der Waals surface area contributed by atoms with Crippen molar-refractivity contribution < 1.29 is 33.3 Å². The molecule has 0 spiro atoms. The molecule has 11 rings (SSSR count). The number of aromatic nitrogens is 4. The summed E-state index contributed by atoms with van der Waals surface area (Å²) in [4.78, 5) is 55.9. The Morgan fingerprint density at radius 3 is 2.35 bits per heavy atom. The average Bonchev–Trinajstić information content (AvgIpc) is 1.87. The zero-order chi connectivity index (χ0) is 59.3. The maximum atomic E-state index is 14.1. The molecule has 1 amide bonds. The Bertz CT molecular complexity index is 3900. The van der Waals surface area contributed by atoms with Crippen LogP contribution in [0.15, 0.2) is 118 Å². The number of hydrogen-bond donors (Lipinski definition) is 4. The van der Waals surface area contributed by atoms with E-state index in [1.807, 2.05) is 60.7 Å². The number of methoxy groups -OCH3 is 2. The highest BCUT2D eigenvalue weighted by molar-refractivity contribution is 14.1. The second-order valence-corrected chi connectivity index (χ2v) is 23.8. The van der Waals surface area contributed by atoms with E-state index < -0.39 is 0 Å². The van der Waals surface area contributed by atoms with Crippen LogP contribution in [-0.4, -0.2) is 89.7 Å². The van der Waals surface area contributed by atoms with Gasteiger partial charge in [0.25, 0.3) is 0 Å². The van der Waals surface area contributed by atoms with Crippen LogP contribution in [0.3, 0.4) is 0 Å². The number of aromatic amines is 2. The van der Waals surface area contributed by atoms with Gasteiger partial charge in [-0.1, -0.05) is 56.0 Å². The Morgan fingerprint density at radius 1 is 0.847 bits per heavy atom. The average molecular weight is 1250 g/mol. The molecule has 4 N–H and O–H groups in total. The molecule has 3 aromatic heterocycles. The fourth-order valence-corrected chi connectivity index (χ4v) is 13.2. The Balaban J connectivity index is 0.798. The number of Topliss-reactive ketones (excluding diaryl/α,β-unsaturated/α-hetero) is 1. The first kappa shape index (κ1) is 59.1. The highest BCUT2D eigenvalue weighted by atomic mass is 127. The summed E-state index contributed by atoms with van der Waals surface area (Å²) in [5.41, 5.74) is 18.9. The van der Waals surface area contributed by atoms with Crippen molar-refractivity contribution in [1.82, 2.24) is 25.3 Å². The van der Waals surface area contributed by atoms with Crippen molar-refractivity contribution >= 4 is 74.2 Å². The van der Waals surface area contributed by atoms with E-state index in [1.54, 1.807) is 14.2 Å². The molecule has 5 atom stereocenters. The topological polar surface area (TPSA) is 186 Å². The van der Waals surface area contributed by atoms with E-state index in [4.69, 9.17) is 33.7 Å². The van der Waals surface area contributed by atoms with Gasteiger partial charge in [-0.15, -0.1) is 0 Å². The Hall–Kier alpha value is -7.69. The van der Waals surface area contributed by atoms with Crippen LogP contribution in [0.2, 0.25) is 0 Å². The minimum absolute atomic E-state index is 0.0186. The van der Waals surface area contributed by atoms with E-state index in [0.717, 1.165) is 102 Å². The zero-order valence-corrected chi connectivity index (χ0v) is 51.8. The predicted molar refractivity (Wildman–Crippen MR) is 342 cm³/mol. The zero-order valence-electron chi connectivity index (χ0n) is 49.6. The van der Waals surface area contributed by atoms with E-state index in [9.17, 15) is 9.59 Å². The molecular weight excluding hydrogens is 1180 g/mol. The number of nitrogens with one attached hydrogen (secondary N) is 4. The number of carbonyl (C=O) groups is 2. The number of nitrogens with zero attached hydrogens (tertiary/aromatic N) is 4. The largest absolute Gasteiger partial charge is 0.487 e. The second-order valence-electron chi connectivity index (χ2n) is 22.5. The van der Waals surface area contributed by atoms with Crippen molar-refractivity contribution in [3.8, 4) is 23.3 Å². The van der Waals surface area contributed by atoms with Crippen LogP contribution in [0.5, 0.6) is 11.5 Å². The van der Waals surface area contributed by atoms with E-state index in [-0.39, 0.29) is 41.6 Å². The SMILES string of the molecule is CCC1=C(C)C2Cc3[nH]c(c(C)c3C(C)OCc3cccc(I)c3)C=C3N=C(C4CC(=O)c5c4[nH]c(c5C)CC1=N2)[C@@H](CCC(=O)NCc1cccc(C#Cc2cccc(Nc4ncnc5cc(OCCOC)c(OCCOC)cc45)c2)c1)[C@@H]3C. The number of hydrogen-bond acceptors (Lipinski definition) is 12. The molecule has 0 radical (unpaired) electrons. The molecule has 0 saturated heterocycles.